The third kappa shape index (κ3) is 4.38. The van der Waals surface area contributed by atoms with Crippen molar-refractivity contribution in [2.45, 2.75) is 38.4 Å². The summed E-state index contributed by atoms with van der Waals surface area (Å²) in [6.07, 6.45) is 8.37. The van der Waals surface area contributed by atoms with Crippen molar-refractivity contribution in [1.82, 2.24) is 24.6 Å². The van der Waals surface area contributed by atoms with Crippen LogP contribution in [0.3, 0.4) is 0 Å². The number of hydrogen-bond donors (Lipinski definition) is 0. The molecule has 0 bridgehead atoms. The maximum absolute atomic E-state index is 12.4. The second kappa shape index (κ2) is 8.01. The molecule has 7 nitrogen and oxygen atoms in total. The van der Waals surface area contributed by atoms with Gasteiger partial charge in [0.1, 0.15) is 12.2 Å². The molecule has 1 amide bonds. The fourth-order valence-electron chi connectivity index (χ4n) is 2.91. The summed E-state index contributed by atoms with van der Waals surface area (Å²) in [7, 11) is 1.89. The van der Waals surface area contributed by atoms with Gasteiger partial charge in [0.15, 0.2) is 0 Å². The Hall–Kier alpha value is -2.28. The molecule has 1 aliphatic rings. The minimum Gasteiger partial charge on any atom is -0.372 e. The average Bonchev–Trinajstić information content (AvgIpc) is 3.04. The zero-order valence-electron chi connectivity index (χ0n) is 14.0. The molecule has 0 spiro atoms. The Labute approximate surface area is 141 Å². The van der Waals surface area contributed by atoms with Gasteiger partial charge in [0.2, 0.25) is 5.91 Å². The third-order valence-electron chi connectivity index (χ3n) is 4.31. The molecular formula is C17H23N5O2. The number of amides is 1. The molecule has 1 atom stereocenters. The van der Waals surface area contributed by atoms with Gasteiger partial charge >= 0.3 is 0 Å². The number of likely N-dealkylation sites (tertiary alicyclic amines) is 1. The van der Waals surface area contributed by atoms with E-state index in [0.29, 0.717) is 26.0 Å². The second-order valence-electron chi connectivity index (χ2n) is 6.13. The minimum atomic E-state index is 0.0951. The number of piperidine rings is 1. The predicted octanol–water partition coefficient (Wildman–Crippen LogP) is 1.35. The van der Waals surface area contributed by atoms with E-state index in [-0.39, 0.29) is 12.0 Å². The van der Waals surface area contributed by atoms with E-state index < -0.39 is 0 Å². The van der Waals surface area contributed by atoms with Gasteiger partial charge in [-0.25, -0.2) is 0 Å². The summed E-state index contributed by atoms with van der Waals surface area (Å²) in [5, 5.41) is 7.86. The molecular weight excluding hydrogens is 306 g/mol. The number of aryl methyl sites for hydroxylation is 2. The van der Waals surface area contributed by atoms with Crippen LogP contribution >= 0.6 is 0 Å². The van der Waals surface area contributed by atoms with Crippen LogP contribution in [-0.4, -0.2) is 49.7 Å². The molecule has 0 radical (unpaired) electrons. The maximum Gasteiger partial charge on any atom is 0.223 e. The Morgan fingerprint density at radius 3 is 3.12 bits per heavy atom. The van der Waals surface area contributed by atoms with E-state index in [0.717, 1.165) is 30.8 Å². The molecule has 3 rings (SSSR count). The van der Waals surface area contributed by atoms with Crippen molar-refractivity contribution >= 4 is 5.91 Å². The Morgan fingerprint density at radius 2 is 2.38 bits per heavy atom. The molecule has 24 heavy (non-hydrogen) atoms. The summed E-state index contributed by atoms with van der Waals surface area (Å²) in [6.45, 7) is 2.02. The molecule has 128 valence electrons. The number of hydrogen-bond acceptors (Lipinski definition) is 5. The molecule has 0 saturated carbocycles. The predicted molar refractivity (Wildman–Crippen MR) is 88.0 cm³/mol. The van der Waals surface area contributed by atoms with E-state index in [1.807, 2.05) is 34.8 Å². The van der Waals surface area contributed by atoms with E-state index in [2.05, 4.69) is 15.2 Å². The lowest BCUT2D eigenvalue weighted by Gasteiger charge is -2.32. The summed E-state index contributed by atoms with van der Waals surface area (Å²) in [5.74, 6) is 0.998. The molecule has 7 heteroatoms. The molecule has 1 aliphatic heterocycles. The molecule has 3 heterocycles. The molecule has 0 unspecified atom stereocenters. The number of carbonyl (C=O) groups is 1. The first-order valence-corrected chi connectivity index (χ1v) is 8.33. The number of aromatic nitrogens is 4. The zero-order valence-corrected chi connectivity index (χ0v) is 14.0. The topological polar surface area (TPSA) is 73.1 Å². The third-order valence-corrected chi connectivity index (χ3v) is 4.31. The molecule has 2 aromatic heterocycles. The lowest BCUT2D eigenvalue weighted by Crippen LogP contribution is -2.43. The van der Waals surface area contributed by atoms with Gasteiger partial charge in [-0.3, -0.25) is 9.78 Å². The molecule has 1 saturated heterocycles. The normalized spacial score (nSPS) is 17.9. The van der Waals surface area contributed by atoms with Crippen molar-refractivity contribution in [3.63, 3.8) is 0 Å². The number of pyridine rings is 1. The van der Waals surface area contributed by atoms with Crippen molar-refractivity contribution < 1.29 is 9.53 Å². The van der Waals surface area contributed by atoms with Crippen LogP contribution in [-0.2, 0) is 29.6 Å². The molecule has 2 aromatic rings. The summed E-state index contributed by atoms with van der Waals surface area (Å²) < 4.78 is 7.81. The van der Waals surface area contributed by atoms with Gasteiger partial charge in [0.05, 0.1) is 12.7 Å². The van der Waals surface area contributed by atoms with Crippen LogP contribution in [0.1, 0.15) is 30.7 Å². The number of carbonyl (C=O) groups excluding carboxylic acids is 1. The molecule has 0 aromatic carbocycles. The van der Waals surface area contributed by atoms with Gasteiger partial charge in [0.25, 0.3) is 0 Å². The SMILES string of the molecule is Cn1cnnc1CCC(=O)N1CCC[C@@H](OCc2cccnc2)C1. The lowest BCUT2D eigenvalue weighted by molar-refractivity contribution is -0.135. The Kier molecular flexibility index (Phi) is 5.53. The summed E-state index contributed by atoms with van der Waals surface area (Å²) >= 11 is 0. The van der Waals surface area contributed by atoms with Crippen molar-refractivity contribution in [3.8, 4) is 0 Å². The second-order valence-corrected chi connectivity index (χ2v) is 6.13. The summed E-state index contributed by atoms with van der Waals surface area (Å²) in [6, 6.07) is 3.90. The van der Waals surface area contributed by atoms with Gasteiger partial charge in [-0.2, -0.15) is 0 Å². The van der Waals surface area contributed by atoms with Crippen LogP contribution in [0, 0.1) is 0 Å². The van der Waals surface area contributed by atoms with Crippen molar-refractivity contribution in [2.24, 2.45) is 7.05 Å². The van der Waals surface area contributed by atoms with Gasteiger partial charge < -0.3 is 14.2 Å². The van der Waals surface area contributed by atoms with Crippen LogP contribution in [0.2, 0.25) is 0 Å². The largest absolute Gasteiger partial charge is 0.372 e. The van der Waals surface area contributed by atoms with Crippen LogP contribution in [0.25, 0.3) is 0 Å². The molecule has 1 fully saturated rings. The van der Waals surface area contributed by atoms with E-state index in [9.17, 15) is 4.79 Å². The fourth-order valence-corrected chi connectivity index (χ4v) is 2.91. The van der Waals surface area contributed by atoms with Crippen LogP contribution < -0.4 is 0 Å². The first-order valence-electron chi connectivity index (χ1n) is 8.33. The van der Waals surface area contributed by atoms with Crippen LogP contribution in [0.5, 0.6) is 0 Å². The lowest BCUT2D eigenvalue weighted by atomic mass is 10.1. The zero-order chi connectivity index (χ0) is 16.8. The van der Waals surface area contributed by atoms with Crippen molar-refractivity contribution in [3.05, 3.63) is 42.2 Å². The van der Waals surface area contributed by atoms with Gasteiger partial charge in [-0.05, 0) is 24.5 Å². The highest BCUT2D eigenvalue weighted by Gasteiger charge is 2.24. The highest BCUT2D eigenvalue weighted by atomic mass is 16.5. The van der Waals surface area contributed by atoms with Crippen LogP contribution in [0.4, 0.5) is 0 Å². The first-order chi connectivity index (χ1) is 11.7. The average molecular weight is 329 g/mol. The Bertz CT molecular complexity index is 658. The molecule has 0 N–H and O–H groups in total. The highest BCUT2D eigenvalue weighted by Crippen LogP contribution is 2.16. The monoisotopic (exact) mass is 329 g/mol. The van der Waals surface area contributed by atoms with Crippen LogP contribution in [0.15, 0.2) is 30.9 Å². The number of ether oxygens (including phenoxy) is 1. The van der Waals surface area contributed by atoms with E-state index in [1.54, 1.807) is 12.5 Å². The summed E-state index contributed by atoms with van der Waals surface area (Å²) in [5.41, 5.74) is 1.06. The highest BCUT2D eigenvalue weighted by molar-refractivity contribution is 5.76. The Morgan fingerprint density at radius 1 is 1.46 bits per heavy atom. The maximum atomic E-state index is 12.4. The molecule has 0 aliphatic carbocycles. The van der Waals surface area contributed by atoms with Gasteiger partial charge in [-0.1, -0.05) is 6.07 Å². The van der Waals surface area contributed by atoms with E-state index >= 15 is 0 Å². The first kappa shape index (κ1) is 16.6. The quantitative estimate of drug-likeness (QED) is 0.800. The van der Waals surface area contributed by atoms with Crippen molar-refractivity contribution in [2.75, 3.05) is 13.1 Å². The smallest absolute Gasteiger partial charge is 0.223 e. The minimum absolute atomic E-state index is 0.0951. The fraction of sp³-hybridized carbons (Fsp3) is 0.529. The van der Waals surface area contributed by atoms with E-state index in [1.165, 1.54) is 0 Å². The standard InChI is InChI=1S/C17H23N5O2/c1-21-13-19-20-16(21)6-7-17(23)22-9-3-5-15(11-22)24-12-14-4-2-8-18-10-14/h2,4,8,10,13,15H,3,5-7,9,11-12H2,1H3/t15-/m1/s1. The van der Waals surface area contributed by atoms with Crippen molar-refractivity contribution in [1.29, 1.82) is 0 Å². The Balaban J connectivity index is 1.46. The number of rotatable bonds is 6. The summed E-state index contributed by atoms with van der Waals surface area (Å²) in [4.78, 5) is 18.4. The van der Waals surface area contributed by atoms with Gasteiger partial charge in [0, 0.05) is 45.4 Å². The van der Waals surface area contributed by atoms with Gasteiger partial charge in [-0.15, -0.1) is 10.2 Å². The number of nitrogens with zero attached hydrogens (tertiary/aromatic N) is 5. The van der Waals surface area contributed by atoms with E-state index in [4.69, 9.17) is 4.74 Å².